The quantitative estimate of drug-likeness (QED) is 0.480. The summed E-state index contributed by atoms with van der Waals surface area (Å²) in [5, 5.41) is 3.10. The summed E-state index contributed by atoms with van der Waals surface area (Å²) >= 11 is 0. The Morgan fingerprint density at radius 1 is 1.00 bits per heavy atom. The highest BCUT2D eigenvalue weighted by Gasteiger charge is 2.35. The van der Waals surface area contributed by atoms with Crippen LogP contribution in [-0.4, -0.2) is 35.9 Å². The van der Waals surface area contributed by atoms with Gasteiger partial charge in [-0.05, 0) is 60.9 Å². The van der Waals surface area contributed by atoms with Gasteiger partial charge in [0.1, 0.15) is 17.6 Å². The molecule has 0 aliphatic heterocycles. The first-order chi connectivity index (χ1) is 17.5. The third-order valence-electron chi connectivity index (χ3n) is 6.29. The van der Waals surface area contributed by atoms with Crippen molar-refractivity contribution in [3.8, 4) is 0 Å². The van der Waals surface area contributed by atoms with Crippen LogP contribution in [0.1, 0.15) is 64.6 Å². The molecule has 186 valence electrons. The zero-order valence-electron chi connectivity index (χ0n) is 20.0. The van der Waals surface area contributed by atoms with Crippen molar-refractivity contribution >= 4 is 23.5 Å². The van der Waals surface area contributed by atoms with Crippen molar-refractivity contribution in [2.45, 2.75) is 44.2 Å². The van der Waals surface area contributed by atoms with E-state index in [-0.39, 0.29) is 23.2 Å². The van der Waals surface area contributed by atoms with Crippen molar-refractivity contribution < 1.29 is 23.5 Å². The lowest BCUT2D eigenvalue weighted by molar-refractivity contribution is -0.123. The van der Waals surface area contributed by atoms with Gasteiger partial charge < -0.3 is 10.1 Å². The van der Waals surface area contributed by atoms with Gasteiger partial charge in [-0.25, -0.2) is 9.18 Å². The Morgan fingerprint density at radius 3 is 2.42 bits per heavy atom. The monoisotopic (exact) mass is 489 g/mol. The van der Waals surface area contributed by atoms with Gasteiger partial charge in [0.25, 0.3) is 5.91 Å². The van der Waals surface area contributed by atoms with Crippen LogP contribution < -0.4 is 10.2 Å². The number of pyridine rings is 1. The van der Waals surface area contributed by atoms with Gasteiger partial charge in [-0.15, -0.1) is 0 Å². The molecule has 0 radical (unpaired) electrons. The number of carbonyl (C=O) groups excluding carboxylic acids is 3. The maximum absolute atomic E-state index is 13.9. The summed E-state index contributed by atoms with van der Waals surface area (Å²) in [7, 11) is 1.27. The molecule has 4 rings (SSSR count). The molecule has 2 aromatic carbocycles. The second kappa shape index (κ2) is 11.6. The van der Waals surface area contributed by atoms with Gasteiger partial charge in [0.2, 0.25) is 5.91 Å². The summed E-state index contributed by atoms with van der Waals surface area (Å²) in [6, 6.07) is 15.6. The SMILES string of the molecule is COC(=O)c1cccc(N(C(=O)c2ccccn2)[C@H](C(=O)NC2CCCCC2)c2ccc(F)cc2)c1. The molecule has 2 amide bonds. The van der Waals surface area contributed by atoms with Crippen molar-refractivity contribution in [1.29, 1.82) is 0 Å². The van der Waals surface area contributed by atoms with Crippen molar-refractivity contribution in [3.05, 3.63) is 95.6 Å². The van der Waals surface area contributed by atoms with Crippen molar-refractivity contribution in [3.63, 3.8) is 0 Å². The molecule has 7 nitrogen and oxygen atoms in total. The molecule has 1 atom stereocenters. The summed E-state index contributed by atoms with van der Waals surface area (Å²) in [6.45, 7) is 0. The molecule has 1 aliphatic carbocycles. The van der Waals surface area contributed by atoms with E-state index in [0.717, 1.165) is 32.1 Å². The van der Waals surface area contributed by atoms with E-state index in [9.17, 15) is 18.8 Å². The highest BCUT2D eigenvalue weighted by molar-refractivity contribution is 6.09. The maximum atomic E-state index is 13.9. The number of methoxy groups -OCH3 is 1. The molecule has 8 heteroatoms. The lowest BCUT2D eigenvalue weighted by Gasteiger charge is -2.33. The number of esters is 1. The Labute approximate surface area is 209 Å². The number of carbonyl (C=O) groups is 3. The average Bonchev–Trinajstić information content (AvgIpc) is 2.92. The predicted molar refractivity (Wildman–Crippen MR) is 133 cm³/mol. The second-order valence-electron chi connectivity index (χ2n) is 8.73. The zero-order valence-corrected chi connectivity index (χ0v) is 20.0. The first-order valence-corrected chi connectivity index (χ1v) is 12.0. The molecule has 3 aromatic rings. The number of rotatable bonds is 7. The van der Waals surface area contributed by atoms with Crippen molar-refractivity contribution in [1.82, 2.24) is 10.3 Å². The average molecular weight is 490 g/mol. The lowest BCUT2D eigenvalue weighted by Crippen LogP contribution is -2.47. The van der Waals surface area contributed by atoms with E-state index in [1.165, 1.54) is 48.5 Å². The molecule has 1 N–H and O–H groups in total. The van der Waals surface area contributed by atoms with Gasteiger partial charge in [-0.2, -0.15) is 0 Å². The van der Waals surface area contributed by atoms with Crippen LogP contribution in [0.2, 0.25) is 0 Å². The van der Waals surface area contributed by atoms with Crippen LogP contribution in [0.15, 0.2) is 72.9 Å². The third-order valence-corrected chi connectivity index (χ3v) is 6.29. The first-order valence-electron chi connectivity index (χ1n) is 12.0. The molecule has 1 aliphatic rings. The third kappa shape index (κ3) is 5.76. The van der Waals surface area contributed by atoms with Crippen LogP contribution in [0.25, 0.3) is 0 Å². The Hall–Kier alpha value is -4.07. The minimum atomic E-state index is -1.13. The number of halogens is 1. The fourth-order valence-corrected chi connectivity index (χ4v) is 4.49. The molecule has 0 unspecified atom stereocenters. The minimum Gasteiger partial charge on any atom is -0.465 e. The highest BCUT2D eigenvalue weighted by atomic mass is 19.1. The Kier molecular flexibility index (Phi) is 8.05. The molecule has 0 spiro atoms. The fourth-order valence-electron chi connectivity index (χ4n) is 4.49. The molecular formula is C28H28FN3O4. The number of nitrogens with one attached hydrogen (secondary N) is 1. The summed E-state index contributed by atoms with van der Waals surface area (Å²) < 4.78 is 18.7. The van der Waals surface area contributed by atoms with Gasteiger partial charge >= 0.3 is 5.97 Å². The topological polar surface area (TPSA) is 88.6 Å². The van der Waals surface area contributed by atoms with Crippen molar-refractivity contribution in [2.24, 2.45) is 0 Å². The van der Waals surface area contributed by atoms with E-state index in [0.29, 0.717) is 11.3 Å². The maximum Gasteiger partial charge on any atom is 0.337 e. The fraction of sp³-hybridized carbons (Fsp3) is 0.286. The standard InChI is InChI=1S/C28H28FN3O4/c1-36-28(35)20-8-7-11-23(18-20)32(27(34)24-12-5-6-17-30-24)25(19-13-15-21(29)16-14-19)26(33)31-22-9-3-2-4-10-22/h5-8,11-18,22,25H,2-4,9-10H2,1H3,(H,31,33)/t25-/m0/s1. The van der Waals surface area contributed by atoms with Crippen LogP contribution in [0.3, 0.4) is 0 Å². The highest BCUT2D eigenvalue weighted by Crippen LogP contribution is 2.31. The number of anilines is 1. The van der Waals surface area contributed by atoms with E-state index in [4.69, 9.17) is 4.74 Å². The van der Waals surface area contributed by atoms with E-state index >= 15 is 0 Å². The second-order valence-corrected chi connectivity index (χ2v) is 8.73. The smallest absolute Gasteiger partial charge is 0.337 e. The number of amides is 2. The Balaban J connectivity index is 1.83. The van der Waals surface area contributed by atoms with Crippen LogP contribution in [0, 0.1) is 5.82 Å². The van der Waals surface area contributed by atoms with Crippen LogP contribution >= 0.6 is 0 Å². The van der Waals surface area contributed by atoms with E-state index in [2.05, 4.69) is 10.3 Å². The van der Waals surface area contributed by atoms with Gasteiger partial charge in [0.05, 0.1) is 12.7 Å². The number of benzene rings is 2. The largest absolute Gasteiger partial charge is 0.465 e. The number of hydrogen-bond acceptors (Lipinski definition) is 5. The summed E-state index contributed by atoms with van der Waals surface area (Å²) in [5.41, 5.74) is 1.08. The van der Waals surface area contributed by atoms with Crippen LogP contribution in [0.4, 0.5) is 10.1 Å². The van der Waals surface area contributed by atoms with Gasteiger partial charge in [-0.1, -0.05) is 43.5 Å². The molecule has 1 aromatic heterocycles. The molecule has 0 saturated heterocycles. The lowest BCUT2D eigenvalue weighted by atomic mass is 9.94. The molecule has 0 bridgehead atoms. The van der Waals surface area contributed by atoms with E-state index in [1.807, 2.05) is 0 Å². The number of nitrogens with zero attached hydrogens (tertiary/aromatic N) is 2. The normalized spacial score (nSPS) is 14.5. The summed E-state index contributed by atoms with van der Waals surface area (Å²) in [4.78, 5) is 45.4. The summed E-state index contributed by atoms with van der Waals surface area (Å²) in [6.07, 6.45) is 6.36. The molecule has 36 heavy (non-hydrogen) atoms. The summed E-state index contributed by atoms with van der Waals surface area (Å²) in [5.74, 6) is -1.96. The van der Waals surface area contributed by atoms with Crippen molar-refractivity contribution in [2.75, 3.05) is 12.0 Å². The Bertz CT molecular complexity index is 1210. The van der Waals surface area contributed by atoms with Gasteiger partial charge in [-0.3, -0.25) is 19.5 Å². The van der Waals surface area contributed by atoms with Gasteiger partial charge in [0.15, 0.2) is 0 Å². The molecular weight excluding hydrogens is 461 g/mol. The molecule has 1 saturated carbocycles. The van der Waals surface area contributed by atoms with E-state index < -0.39 is 23.7 Å². The van der Waals surface area contributed by atoms with E-state index in [1.54, 1.807) is 36.4 Å². The number of hydrogen-bond donors (Lipinski definition) is 1. The first kappa shape index (κ1) is 25.0. The number of aromatic nitrogens is 1. The Morgan fingerprint density at radius 2 is 1.75 bits per heavy atom. The van der Waals surface area contributed by atoms with Gasteiger partial charge in [0, 0.05) is 17.9 Å². The van der Waals surface area contributed by atoms with Crippen LogP contribution in [-0.2, 0) is 9.53 Å². The number of ether oxygens (including phenoxy) is 1. The van der Waals surface area contributed by atoms with Crippen LogP contribution in [0.5, 0.6) is 0 Å². The predicted octanol–water partition coefficient (Wildman–Crippen LogP) is 4.84. The minimum absolute atomic E-state index is 0.0117. The molecule has 1 fully saturated rings. The molecule has 1 heterocycles. The zero-order chi connectivity index (χ0) is 25.5.